The Morgan fingerprint density at radius 3 is 2.53 bits per heavy atom. The smallest absolute Gasteiger partial charge is 0.0641 e. The molecule has 2 nitrogen and oxygen atoms in total. The molecule has 0 saturated heterocycles. The van der Waals surface area contributed by atoms with E-state index in [1.807, 2.05) is 19.4 Å². The zero-order valence-electron chi connectivity index (χ0n) is 10.5. The van der Waals surface area contributed by atoms with Crippen LogP contribution in [0, 0.1) is 6.42 Å². The minimum atomic E-state index is -0.564. The predicted molar refractivity (Wildman–Crippen MR) is 64.7 cm³/mol. The van der Waals surface area contributed by atoms with E-state index in [1.165, 1.54) is 5.57 Å². The normalized spacial score (nSPS) is 14.7. The Labute approximate surface area is 94.3 Å². The van der Waals surface area contributed by atoms with Gasteiger partial charge in [0.05, 0.1) is 12.2 Å². The van der Waals surface area contributed by atoms with Crippen molar-refractivity contribution in [3.63, 3.8) is 0 Å². The number of hydrogen-bond acceptors (Lipinski definition) is 2. The maximum atomic E-state index is 9.86. The quantitative estimate of drug-likeness (QED) is 0.628. The van der Waals surface area contributed by atoms with E-state index in [1.54, 1.807) is 0 Å². The summed E-state index contributed by atoms with van der Waals surface area (Å²) in [4.78, 5) is 0. The van der Waals surface area contributed by atoms with E-state index in [0.29, 0.717) is 19.6 Å². The third kappa shape index (κ3) is 9.95. The zero-order chi connectivity index (χ0) is 11.7. The van der Waals surface area contributed by atoms with Crippen molar-refractivity contribution in [2.24, 2.45) is 0 Å². The van der Waals surface area contributed by atoms with E-state index in [4.69, 9.17) is 4.74 Å². The first kappa shape index (κ1) is 14.7. The molecule has 1 N–H and O–H groups in total. The van der Waals surface area contributed by atoms with Gasteiger partial charge in [-0.05, 0) is 33.6 Å². The summed E-state index contributed by atoms with van der Waals surface area (Å²) >= 11 is 0. The second-order valence-electron chi connectivity index (χ2n) is 4.55. The Balaban J connectivity index is 3.42. The summed E-state index contributed by atoms with van der Waals surface area (Å²) in [5.41, 5.74) is 0.710. The van der Waals surface area contributed by atoms with E-state index < -0.39 is 5.60 Å². The van der Waals surface area contributed by atoms with Gasteiger partial charge in [0.2, 0.25) is 0 Å². The predicted octanol–water partition coefficient (Wildman–Crippen LogP) is 3.11. The lowest BCUT2D eigenvalue weighted by Gasteiger charge is -2.22. The molecule has 0 aliphatic heterocycles. The Hall–Kier alpha value is -0.340. The number of rotatable bonds is 8. The van der Waals surface area contributed by atoms with E-state index >= 15 is 0 Å². The van der Waals surface area contributed by atoms with Crippen molar-refractivity contribution in [3.05, 3.63) is 18.1 Å². The van der Waals surface area contributed by atoms with Crippen molar-refractivity contribution in [1.82, 2.24) is 0 Å². The Kier molecular flexibility index (Phi) is 7.71. The third-order valence-electron chi connectivity index (χ3n) is 2.24. The van der Waals surface area contributed by atoms with Crippen LogP contribution in [0.1, 0.15) is 47.0 Å². The van der Waals surface area contributed by atoms with Crippen molar-refractivity contribution in [2.75, 3.05) is 13.2 Å². The largest absolute Gasteiger partial charge is 0.390 e. The van der Waals surface area contributed by atoms with Crippen molar-refractivity contribution < 1.29 is 9.84 Å². The summed E-state index contributed by atoms with van der Waals surface area (Å²) in [5.74, 6) is 0. The van der Waals surface area contributed by atoms with Gasteiger partial charge in [-0.3, -0.25) is 0 Å². The average Bonchev–Trinajstić information content (AvgIpc) is 2.10. The van der Waals surface area contributed by atoms with E-state index in [9.17, 15) is 5.11 Å². The molecular weight excluding hydrogens is 188 g/mol. The van der Waals surface area contributed by atoms with Gasteiger partial charge in [-0.15, -0.1) is 0 Å². The number of hydrogen-bond donors (Lipinski definition) is 1. The minimum absolute atomic E-state index is 0.564. The van der Waals surface area contributed by atoms with Crippen LogP contribution in [-0.2, 0) is 4.74 Å². The van der Waals surface area contributed by atoms with Crippen LogP contribution in [0.25, 0.3) is 0 Å². The van der Waals surface area contributed by atoms with Crippen molar-refractivity contribution in [2.45, 2.75) is 52.6 Å². The Morgan fingerprint density at radius 1 is 1.33 bits per heavy atom. The van der Waals surface area contributed by atoms with Crippen LogP contribution in [0.5, 0.6) is 0 Å². The van der Waals surface area contributed by atoms with Gasteiger partial charge in [0.25, 0.3) is 0 Å². The molecule has 0 aliphatic carbocycles. The minimum Gasteiger partial charge on any atom is -0.390 e. The molecule has 1 unspecified atom stereocenters. The summed E-state index contributed by atoms with van der Waals surface area (Å²) in [6, 6.07) is 0. The zero-order valence-corrected chi connectivity index (χ0v) is 10.5. The second-order valence-corrected chi connectivity index (χ2v) is 4.55. The molecule has 0 spiro atoms. The standard InChI is InChI=1S/C13H25O2/c1-5-8-13(4,14)9-11-15-10-6-7-12(2)3/h6-7,14H,5,8-11H2,1-4H3. The highest BCUT2D eigenvalue weighted by Gasteiger charge is 2.17. The highest BCUT2D eigenvalue weighted by molar-refractivity contribution is 5.02. The van der Waals surface area contributed by atoms with Crippen molar-refractivity contribution in [3.8, 4) is 0 Å². The molecule has 0 aromatic rings. The van der Waals surface area contributed by atoms with Crippen LogP contribution in [0.3, 0.4) is 0 Å². The molecule has 0 aromatic heterocycles. The van der Waals surface area contributed by atoms with Gasteiger partial charge in [0.15, 0.2) is 0 Å². The lowest BCUT2D eigenvalue weighted by Crippen LogP contribution is -2.25. The number of ether oxygens (including phenoxy) is 1. The summed E-state index contributed by atoms with van der Waals surface area (Å²) in [6.45, 7) is 9.33. The molecule has 89 valence electrons. The van der Waals surface area contributed by atoms with Crippen molar-refractivity contribution in [1.29, 1.82) is 0 Å². The van der Waals surface area contributed by atoms with Gasteiger partial charge < -0.3 is 9.84 Å². The van der Waals surface area contributed by atoms with Crippen LogP contribution in [0.15, 0.2) is 11.6 Å². The first-order chi connectivity index (χ1) is 6.98. The lowest BCUT2D eigenvalue weighted by molar-refractivity contribution is 0.0110. The molecule has 0 saturated carbocycles. The van der Waals surface area contributed by atoms with Crippen LogP contribution < -0.4 is 0 Å². The van der Waals surface area contributed by atoms with E-state index in [-0.39, 0.29) is 0 Å². The fourth-order valence-corrected chi connectivity index (χ4v) is 1.39. The van der Waals surface area contributed by atoms with Gasteiger partial charge in [0.1, 0.15) is 0 Å². The highest BCUT2D eigenvalue weighted by Crippen LogP contribution is 2.16. The topological polar surface area (TPSA) is 29.5 Å². The van der Waals surface area contributed by atoms with E-state index in [0.717, 1.165) is 12.8 Å². The molecular formula is C13H25O2. The molecule has 0 aromatic carbocycles. The maximum absolute atomic E-state index is 9.86. The molecule has 1 radical (unpaired) electrons. The fraction of sp³-hybridized carbons (Fsp3) is 0.769. The molecule has 15 heavy (non-hydrogen) atoms. The van der Waals surface area contributed by atoms with Gasteiger partial charge in [-0.1, -0.05) is 25.0 Å². The number of aliphatic hydroxyl groups is 1. The summed E-state index contributed by atoms with van der Waals surface area (Å²) in [7, 11) is 0. The molecule has 1 atom stereocenters. The lowest BCUT2D eigenvalue weighted by atomic mass is 9.97. The first-order valence-corrected chi connectivity index (χ1v) is 5.75. The first-order valence-electron chi connectivity index (χ1n) is 5.75. The molecule has 0 bridgehead atoms. The fourth-order valence-electron chi connectivity index (χ4n) is 1.39. The molecule has 0 amide bonds. The number of allylic oxidation sites excluding steroid dienone is 1. The third-order valence-corrected chi connectivity index (χ3v) is 2.24. The summed E-state index contributed by atoms with van der Waals surface area (Å²) < 4.78 is 5.41. The van der Waals surface area contributed by atoms with Gasteiger partial charge in [0, 0.05) is 13.0 Å². The monoisotopic (exact) mass is 213 g/mol. The summed E-state index contributed by atoms with van der Waals surface area (Å²) in [5, 5.41) is 9.86. The van der Waals surface area contributed by atoms with Crippen molar-refractivity contribution >= 4 is 0 Å². The SMILES string of the molecule is CCCC(C)(O)CCOC[CH]C=C(C)C. The average molecular weight is 213 g/mol. The Morgan fingerprint density at radius 2 is 2.00 bits per heavy atom. The van der Waals surface area contributed by atoms with Gasteiger partial charge >= 0.3 is 0 Å². The van der Waals surface area contributed by atoms with Crippen LogP contribution in [0.2, 0.25) is 0 Å². The summed E-state index contributed by atoms with van der Waals surface area (Å²) in [6.07, 6.45) is 6.61. The molecule has 0 heterocycles. The van der Waals surface area contributed by atoms with Crippen LogP contribution in [0.4, 0.5) is 0 Å². The second kappa shape index (κ2) is 7.89. The molecule has 2 heteroatoms. The molecule has 0 rings (SSSR count). The van der Waals surface area contributed by atoms with Crippen LogP contribution >= 0.6 is 0 Å². The van der Waals surface area contributed by atoms with Gasteiger partial charge in [-0.25, -0.2) is 0 Å². The maximum Gasteiger partial charge on any atom is 0.0641 e. The Bertz CT molecular complexity index is 179. The van der Waals surface area contributed by atoms with Gasteiger partial charge in [-0.2, -0.15) is 0 Å². The van der Waals surface area contributed by atoms with E-state index in [2.05, 4.69) is 20.8 Å². The van der Waals surface area contributed by atoms with Crippen LogP contribution in [-0.4, -0.2) is 23.9 Å². The highest BCUT2D eigenvalue weighted by atomic mass is 16.5. The molecule has 0 aliphatic rings. The molecule has 0 fully saturated rings.